The number of hydrogen-bond donors (Lipinski definition) is 1. The number of non-ortho nitro benzene ring substituents is 1. The molecule has 8 nitrogen and oxygen atoms in total. The van der Waals surface area contributed by atoms with Gasteiger partial charge in [0.05, 0.1) is 23.0 Å². The third-order valence-electron chi connectivity index (χ3n) is 2.19. The van der Waals surface area contributed by atoms with E-state index in [1.807, 2.05) is 6.07 Å². The van der Waals surface area contributed by atoms with Crippen molar-refractivity contribution in [3.8, 4) is 6.07 Å². The number of nitro benzene ring substituents is 1. The minimum Gasteiger partial charge on any atom is -0.452 e. The van der Waals surface area contributed by atoms with Crippen molar-refractivity contribution in [3.05, 3.63) is 39.9 Å². The fourth-order valence-electron chi connectivity index (χ4n) is 1.27. The van der Waals surface area contributed by atoms with E-state index in [0.29, 0.717) is 0 Å². The van der Waals surface area contributed by atoms with Gasteiger partial charge in [0, 0.05) is 18.7 Å². The number of nitriles is 1. The summed E-state index contributed by atoms with van der Waals surface area (Å²) in [7, 11) is 0. The summed E-state index contributed by atoms with van der Waals surface area (Å²) in [5.74, 6) is -1.37. The number of hydrogen-bond acceptors (Lipinski definition) is 6. The number of nitrogens with one attached hydrogen (secondary N) is 1. The molecule has 0 atom stereocenters. The van der Waals surface area contributed by atoms with Gasteiger partial charge in [-0.2, -0.15) is 5.26 Å². The van der Waals surface area contributed by atoms with E-state index in [1.54, 1.807) is 0 Å². The topological polar surface area (TPSA) is 122 Å². The van der Waals surface area contributed by atoms with Gasteiger partial charge in [-0.05, 0) is 6.07 Å². The Morgan fingerprint density at radius 2 is 2.20 bits per heavy atom. The third kappa shape index (κ3) is 4.73. The number of rotatable bonds is 6. The first-order chi connectivity index (χ1) is 9.54. The van der Waals surface area contributed by atoms with E-state index in [9.17, 15) is 19.7 Å². The second-order valence-corrected chi connectivity index (χ2v) is 3.64. The number of nitrogens with zero attached hydrogens (tertiary/aromatic N) is 2. The summed E-state index contributed by atoms with van der Waals surface area (Å²) in [6.07, 6.45) is 0.157. The van der Waals surface area contributed by atoms with E-state index in [4.69, 9.17) is 10.00 Å². The van der Waals surface area contributed by atoms with E-state index in [1.165, 1.54) is 18.2 Å². The van der Waals surface area contributed by atoms with Gasteiger partial charge in [0.25, 0.3) is 11.6 Å². The molecule has 1 aromatic rings. The average molecular weight is 277 g/mol. The summed E-state index contributed by atoms with van der Waals surface area (Å²) < 4.78 is 4.70. The zero-order valence-electron chi connectivity index (χ0n) is 10.4. The lowest BCUT2D eigenvalue weighted by molar-refractivity contribution is -0.384. The smallest absolute Gasteiger partial charge is 0.338 e. The number of carbonyl (C=O) groups excluding carboxylic acids is 2. The molecule has 0 aliphatic heterocycles. The molecule has 0 bridgehead atoms. The molecule has 1 N–H and O–H groups in total. The summed E-state index contributed by atoms with van der Waals surface area (Å²) >= 11 is 0. The van der Waals surface area contributed by atoms with Crippen LogP contribution >= 0.6 is 0 Å². The first-order valence-electron chi connectivity index (χ1n) is 5.60. The van der Waals surface area contributed by atoms with Gasteiger partial charge in [0.2, 0.25) is 0 Å². The average Bonchev–Trinajstić information content (AvgIpc) is 2.45. The lowest BCUT2D eigenvalue weighted by atomic mass is 10.2. The van der Waals surface area contributed by atoms with Crippen LogP contribution in [0.2, 0.25) is 0 Å². The van der Waals surface area contributed by atoms with Crippen LogP contribution in [0.4, 0.5) is 5.69 Å². The van der Waals surface area contributed by atoms with Crippen LogP contribution in [0, 0.1) is 21.4 Å². The lowest BCUT2D eigenvalue weighted by Crippen LogP contribution is -2.29. The lowest BCUT2D eigenvalue weighted by Gasteiger charge is -2.05. The van der Waals surface area contributed by atoms with Crippen molar-refractivity contribution in [2.45, 2.75) is 6.42 Å². The van der Waals surface area contributed by atoms with Crippen LogP contribution in [0.25, 0.3) is 0 Å². The van der Waals surface area contributed by atoms with Crippen LogP contribution in [-0.4, -0.2) is 30.0 Å². The summed E-state index contributed by atoms with van der Waals surface area (Å²) in [5, 5.41) is 21.2. The maximum Gasteiger partial charge on any atom is 0.338 e. The Hall–Kier alpha value is -2.95. The molecular weight excluding hydrogens is 266 g/mol. The summed E-state index contributed by atoms with van der Waals surface area (Å²) in [6, 6.07) is 6.85. The Kier molecular flexibility index (Phi) is 5.65. The number of amides is 1. The van der Waals surface area contributed by atoms with Crippen LogP contribution in [0.15, 0.2) is 24.3 Å². The van der Waals surface area contributed by atoms with Gasteiger partial charge >= 0.3 is 5.97 Å². The van der Waals surface area contributed by atoms with Gasteiger partial charge in [0.1, 0.15) is 0 Å². The number of ether oxygens (including phenoxy) is 1. The third-order valence-corrected chi connectivity index (χ3v) is 2.19. The zero-order valence-corrected chi connectivity index (χ0v) is 10.4. The van der Waals surface area contributed by atoms with Crippen molar-refractivity contribution in [1.82, 2.24) is 5.32 Å². The molecule has 0 radical (unpaired) electrons. The maximum atomic E-state index is 11.6. The van der Waals surface area contributed by atoms with Crippen LogP contribution in [0.5, 0.6) is 0 Å². The molecule has 0 aliphatic carbocycles. The van der Waals surface area contributed by atoms with Crippen molar-refractivity contribution < 1.29 is 19.2 Å². The van der Waals surface area contributed by atoms with E-state index < -0.39 is 23.4 Å². The van der Waals surface area contributed by atoms with Crippen LogP contribution < -0.4 is 5.32 Å². The Balaban J connectivity index is 2.51. The molecule has 0 saturated heterocycles. The molecule has 0 aliphatic rings. The van der Waals surface area contributed by atoms with Crippen molar-refractivity contribution in [3.63, 3.8) is 0 Å². The van der Waals surface area contributed by atoms with Gasteiger partial charge in [-0.1, -0.05) is 6.07 Å². The van der Waals surface area contributed by atoms with E-state index in [-0.39, 0.29) is 24.2 Å². The molecule has 0 heterocycles. The summed E-state index contributed by atoms with van der Waals surface area (Å²) in [5.41, 5.74) is -0.248. The molecule has 8 heteroatoms. The van der Waals surface area contributed by atoms with Crippen molar-refractivity contribution in [1.29, 1.82) is 5.26 Å². The van der Waals surface area contributed by atoms with Gasteiger partial charge in [-0.25, -0.2) is 4.79 Å². The molecule has 0 unspecified atom stereocenters. The quantitative estimate of drug-likeness (QED) is 0.355. The molecule has 1 rings (SSSR count). The number of esters is 1. The maximum absolute atomic E-state index is 11.6. The van der Waals surface area contributed by atoms with Crippen molar-refractivity contribution in [2.24, 2.45) is 0 Å². The first-order valence-corrected chi connectivity index (χ1v) is 5.60. The molecule has 104 valence electrons. The Morgan fingerprint density at radius 3 is 2.85 bits per heavy atom. The number of nitro groups is 1. The monoisotopic (exact) mass is 277 g/mol. The highest BCUT2D eigenvalue weighted by atomic mass is 16.6. The highest BCUT2D eigenvalue weighted by Crippen LogP contribution is 2.13. The Labute approximate surface area is 114 Å². The van der Waals surface area contributed by atoms with Gasteiger partial charge in [-0.15, -0.1) is 0 Å². The van der Waals surface area contributed by atoms with E-state index in [0.717, 1.165) is 6.07 Å². The van der Waals surface area contributed by atoms with Gasteiger partial charge in [-0.3, -0.25) is 14.9 Å². The molecule has 0 saturated carbocycles. The Bertz CT molecular complexity index is 564. The second kappa shape index (κ2) is 7.48. The van der Waals surface area contributed by atoms with E-state index >= 15 is 0 Å². The molecule has 0 spiro atoms. The molecular formula is C12H11N3O5. The van der Waals surface area contributed by atoms with Gasteiger partial charge in [0.15, 0.2) is 6.61 Å². The van der Waals surface area contributed by atoms with E-state index in [2.05, 4.69) is 5.32 Å². The standard InChI is InChI=1S/C12H11N3O5/c13-5-2-6-14-11(16)8-20-12(17)9-3-1-4-10(7-9)15(18)19/h1,3-4,7H,2,6,8H2,(H,14,16). The summed E-state index contributed by atoms with van der Waals surface area (Å²) in [4.78, 5) is 32.7. The van der Waals surface area contributed by atoms with Crippen molar-refractivity contribution in [2.75, 3.05) is 13.2 Å². The van der Waals surface area contributed by atoms with Crippen molar-refractivity contribution >= 4 is 17.6 Å². The first kappa shape index (κ1) is 15.1. The second-order valence-electron chi connectivity index (χ2n) is 3.64. The van der Waals surface area contributed by atoms with Crippen LogP contribution in [0.1, 0.15) is 16.8 Å². The normalized spacial score (nSPS) is 9.35. The minimum absolute atomic E-state index is 0.0102. The largest absolute Gasteiger partial charge is 0.452 e. The van der Waals surface area contributed by atoms with Crippen LogP contribution in [-0.2, 0) is 9.53 Å². The van der Waals surface area contributed by atoms with Crippen LogP contribution in [0.3, 0.4) is 0 Å². The highest BCUT2D eigenvalue weighted by Gasteiger charge is 2.13. The predicted octanol–water partition coefficient (Wildman–Crippen LogP) is 0.781. The SMILES string of the molecule is N#CCCNC(=O)COC(=O)c1cccc([N+](=O)[O-])c1. The fourth-order valence-corrected chi connectivity index (χ4v) is 1.27. The molecule has 1 amide bonds. The molecule has 1 aromatic carbocycles. The fraction of sp³-hybridized carbons (Fsp3) is 0.250. The van der Waals surface area contributed by atoms with Gasteiger partial charge < -0.3 is 10.1 Å². The molecule has 0 aromatic heterocycles. The molecule has 20 heavy (non-hydrogen) atoms. The minimum atomic E-state index is -0.830. The predicted molar refractivity (Wildman–Crippen MR) is 66.6 cm³/mol. The Morgan fingerprint density at radius 1 is 1.45 bits per heavy atom. The number of carbonyl (C=O) groups is 2. The zero-order chi connectivity index (χ0) is 15.0. The summed E-state index contributed by atoms with van der Waals surface area (Å²) in [6.45, 7) is -0.337. The molecule has 0 fully saturated rings. The highest BCUT2D eigenvalue weighted by molar-refractivity contribution is 5.91. The number of benzene rings is 1.